The number of carbonyl (C=O) groups is 2. The van der Waals surface area contributed by atoms with Crippen molar-refractivity contribution < 1.29 is 14.7 Å². The van der Waals surface area contributed by atoms with Crippen LogP contribution in [0.25, 0.3) is 0 Å². The predicted octanol–water partition coefficient (Wildman–Crippen LogP) is 1.83. The second kappa shape index (κ2) is 8.84. The molecule has 1 atom stereocenters. The summed E-state index contributed by atoms with van der Waals surface area (Å²) in [6.45, 7) is 7.32. The lowest BCUT2D eigenvalue weighted by molar-refractivity contribution is -0.137. The molecule has 0 rings (SSSR count). The molecule has 5 nitrogen and oxygen atoms in total. The van der Waals surface area contributed by atoms with Gasteiger partial charge in [-0.2, -0.15) is 0 Å². The number of aliphatic carboxylic acids is 1. The van der Waals surface area contributed by atoms with E-state index in [0.29, 0.717) is 31.3 Å². The average Bonchev–Trinajstić information content (AvgIpc) is 2.23. The maximum Gasteiger partial charge on any atom is 0.314 e. The maximum atomic E-state index is 11.3. The molecular weight excluding hydrogens is 220 g/mol. The Morgan fingerprint density at radius 1 is 1.12 bits per heavy atom. The molecule has 0 radical (unpaired) electrons. The summed E-state index contributed by atoms with van der Waals surface area (Å²) < 4.78 is 0. The molecule has 5 heteroatoms. The van der Waals surface area contributed by atoms with Gasteiger partial charge in [-0.25, -0.2) is 4.79 Å². The SMILES string of the molecule is CC(C)CNC(=O)NCCC(C)CCC(=O)O. The summed E-state index contributed by atoms with van der Waals surface area (Å²) in [7, 11) is 0. The molecular formula is C12H24N2O3. The zero-order valence-electron chi connectivity index (χ0n) is 11.0. The molecule has 17 heavy (non-hydrogen) atoms. The summed E-state index contributed by atoms with van der Waals surface area (Å²) in [5.41, 5.74) is 0. The number of carboxylic acids is 1. The van der Waals surface area contributed by atoms with Gasteiger partial charge in [0.1, 0.15) is 0 Å². The van der Waals surface area contributed by atoms with Crippen LogP contribution in [-0.2, 0) is 4.79 Å². The minimum atomic E-state index is -0.764. The molecule has 0 saturated heterocycles. The number of carboxylic acid groups (broad SMARTS) is 1. The molecule has 0 aliphatic heterocycles. The van der Waals surface area contributed by atoms with E-state index in [1.165, 1.54) is 0 Å². The van der Waals surface area contributed by atoms with Gasteiger partial charge in [-0.05, 0) is 24.7 Å². The molecule has 2 amide bonds. The minimum absolute atomic E-state index is 0.149. The van der Waals surface area contributed by atoms with E-state index in [9.17, 15) is 9.59 Å². The molecule has 0 bridgehead atoms. The van der Waals surface area contributed by atoms with Gasteiger partial charge in [0, 0.05) is 19.5 Å². The summed E-state index contributed by atoms with van der Waals surface area (Å²) >= 11 is 0. The zero-order chi connectivity index (χ0) is 13.3. The Labute approximate surface area is 103 Å². The number of amides is 2. The van der Waals surface area contributed by atoms with Crippen LogP contribution in [0.4, 0.5) is 4.79 Å². The monoisotopic (exact) mass is 244 g/mol. The number of hydrogen-bond acceptors (Lipinski definition) is 2. The lowest BCUT2D eigenvalue weighted by Crippen LogP contribution is -2.38. The molecule has 1 unspecified atom stereocenters. The molecule has 0 aromatic carbocycles. The molecule has 0 spiro atoms. The Balaban J connectivity index is 3.48. The van der Waals surface area contributed by atoms with E-state index in [1.807, 2.05) is 20.8 Å². The van der Waals surface area contributed by atoms with Crippen LogP contribution in [0.15, 0.2) is 0 Å². The maximum absolute atomic E-state index is 11.3. The van der Waals surface area contributed by atoms with Gasteiger partial charge in [0.2, 0.25) is 0 Å². The van der Waals surface area contributed by atoms with Crippen LogP contribution in [0, 0.1) is 11.8 Å². The second-order valence-electron chi connectivity index (χ2n) is 4.86. The first-order valence-electron chi connectivity index (χ1n) is 6.15. The Morgan fingerprint density at radius 3 is 2.29 bits per heavy atom. The van der Waals surface area contributed by atoms with Crippen LogP contribution < -0.4 is 10.6 Å². The van der Waals surface area contributed by atoms with Crippen LogP contribution in [0.5, 0.6) is 0 Å². The normalized spacial score (nSPS) is 12.2. The number of nitrogens with one attached hydrogen (secondary N) is 2. The molecule has 0 fully saturated rings. The third-order valence-corrected chi connectivity index (χ3v) is 2.44. The third-order valence-electron chi connectivity index (χ3n) is 2.44. The molecule has 0 aromatic rings. The lowest BCUT2D eigenvalue weighted by Gasteiger charge is -2.12. The number of hydrogen-bond donors (Lipinski definition) is 3. The zero-order valence-corrected chi connectivity index (χ0v) is 11.0. The van der Waals surface area contributed by atoms with E-state index in [0.717, 1.165) is 6.42 Å². The van der Waals surface area contributed by atoms with Gasteiger partial charge >= 0.3 is 12.0 Å². The highest BCUT2D eigenvalue weighted by Gasteiger charge is 2.06. The Kier molecular flexibility index (Phi) is 8.19. The highest BCUT2D eigenvalue weighted by Crippen LogP contribution is 2.08. The summed E-state index contributed by atoms with van der Waals surface area (Å²) in [5.74, 6) is -0.00813. The van der Waals surface area contributed by atoms with E-state index < -0.39 is 5.97 Å². The van der Waals surface area contributed by atoms with Crippen LogP contribution in [-0.4, -0.2) is 30.2 Å². The van der Waals surface area contributed by atoms with Crippen LogP contribution in [0.2, 0.25) is 0 Å². The van der Waals surface area contributed by atoms with E-state index in [-0.39, 0.29) is 12.5 Å². The molecule has 100 valence electrons. The standard InChI is InChI=1S/C12H24N2O3/c1-9(2)8-14-12(17)13-7-6-10(3)4-5-11(15)16/h9-10H,4-8H2,1-3H3,(H,15,16)(H2,13,14,17). The van der Waals surface area contributed by atoms with Gasteiger partial charge in [-0.3, -0.25) is 4.79 Å². The van der Waals surface area contributed by atoms with E-state index in [2.05, 4.69) is 10.6 Å². The van der Waals surface area contributed by atoms with Crippen molar-refractivity contribution in [3.8, 4) is 0 Å². The van der Waals surface area contributed by atoms with Crippen molar-refractivity contribution >= 4 is 12.0 Å². The first-order valence-corrected chi connectivity index (χ1v) is 6.15. The van der Waals surface area contributed by atoms with E-state index >= 15 is 0 Å². The van der Waals surface area contributed by atoms with Crippen molar-refractivity contribution in [2.75, 3.05) is 13.1 Å². The van der Waals surface area contributed by atoms with Gasteiger partial charge in [0.15, 0.2) is 0 Å². The van der Waals surface area contributed by atoms with Gasteiger partial charge in [0.05, 0.1) is 0 Å². The fourth-order valence-electron chi connectivity index (χ4n) is 1.31. The lowest BCUT2D eigenvalue weighted by atomic mass is 10.0. The minimum Gasteiger partial charge on any atom is -0.481 e. The van der Waals surface area contributed by atoms with E-state index in [1.54, 1.807) is 0 Å². The Hall–Kier alpha value is -1.26. The Morgan fingerprint density at radius 2 is 1.76 bits per heavy atom. The summed E-state index contributed by atoms with van der Waals surface area (Å²) in [6.07, 6.45) is 1.66. The topological polar surface area (TPSA) is 78.4 Å². The number of carbonyl (C=O) groups excluding carboxylic acids is 1. The Bertz CT molecular complexity index is 242. The molecule has 0 heterocycles. The van der Waals surface area contributed by atoms with Crippen molar-refractivity contribution in [2.24, 2.45) is 11.8 Å². The van der Waals surface area contributed by atoms with Crippen LogP contribution in [0.1, 0.15) is 40.0 Å². The average molecular weight is 244 g/mol. The molecule has 0 saturated carbocycles. The van der Waals surface area contributed by atoms with Gasteiger partial charge < -0.3 is 15.7 Å². The van der Waals surface area contributed by atoms with Crippen LogP contribution in [0.3, 0.4) is 0 Å². The molecule has 0 aliphatic carbocycles. The summed E-state index contributed by atoms with van der Waals surface area (Å²) in [6, 6.07) is -0.149. The number of urea groups is 1. The fourth-order valence-corrected chi connectivity index (χ4v) is 1.31. The van der Waals surface area contributed by atoms with Crippen molar-refractivity contribution in [2.45, 2.75) is 40.0 Å². The second-order valence-corrected chi connectivity index (χ2v) is 4.86. The van der Waals surface area contributed by atoms with E-state index in [4.69, 9.17) is 5.11 Å². The van der Waals surface area contributed by atoms with Gasteiger partial charge in [-0.15, -0.1) is 0 Å². The van der Waals surface area contributed by atoms with Crippen molar-refractivity contribution in [1.29, 1.82) is 0 Å². The van der Waals surface area contributed by atoms with Crippen LogP contribution >= 0.6 is 0 Å². The highest BCUT2D eigenvalue weighted by atomic mass is 16.4. The highest BCUT2D eigenvalue weighted by molar-refractivity contribution is 5.73. The smallest absolute Gasteiger partial charge is 0.314 e. The quantitative estimate of drug-likeness (QED) is 0.609. The van der Waals surface area contributed by atoms with Crippen molar-refractivity contribution in [1.82, 2.24) is 10.6 Å². The summed E-state index contributed by atoms with van der Waals surface area (Å²) in [4.78, 5) is 21.6. The number of rotatable bonds is 8. The van der Waals surface area contributed by atoms with Crippen molar-refractivity contribution in [3.05, 3.63) is 0 Å². The van der Waals surface area contributed by atoms with Gasteiger partial charge in [-0.1, -0.05) is 20.8 Å². The fraction of sp³-hybridized carbons (Fsp3) is 0.833. The van der Waals surface area contributed by atoms with Crippen molar-refractivity contribution in [3.63, 3.8) is 0 Å². The summed E-state index contributed by atoms with van der Waals surface area (Å²) in [5, 5.41) is 14.0. The van der Waals surface area contributed by atoms with Gasteiger partial charge in [0.25, 0.3) is 0 Å². The first-order chi connectivity index (χ1) is 7.91. The third kappa shape index (κ3) is 11.0. The largest absolute Gasteiger partial charge is 0.481 e. The predicted molar refractivity (Wildman–Crippen MR) is 66.9 cm³/mol. The first kappa shape index (κ1) is 15.7. The molecule has 0 aromatic heterocycles. The molecule has 3 N–H and O–H groups in total. The molecule has 0 aliphatic rings.